The van der Waals surface area contributed by atoms with Crippen LogP contribution in [0, 0.1) is 0 Å². The molecule has 0 saturated carbocycles. The van der Waals surface area contributed by atoms with Crippen LogP contribution >= 0.6 is 0 Å². The first kappa shape index (κ1) is 33.8. The van der Waals surface area contributed by atoms with E-state index in [4.69, 9.17) is 42.6 Å². The van der Waals surface area contributed by atoms with Gasteiger partial charge in [-0.3, -0.25) is 28.8 Å². The molecule has 0 bridgehead atoms. The zero-order valence-corrected chi connectivity index (χ0v) is 23.2. The largest absolute Gasteiger partial charge is 0.463 e. The Kier molecular flexibility index (Phi) is 12.4. The van der Waals surface area contributed by atoms with Crippen LogP contribution in [0.4, 0.5) is 0 Å². The van der Waals surface area contributed by atoms with E-state index in [2.05, 4.69) is 0 Å². The number of hydrogen-bond donors (Lipinski definition) is 2. The molecular formula is C24H34O17. The number of aliphatic hydroxyl groups excluding tert-OH is 2. The maximum absolute atomic E-state index is 12.1. The van der Waals surface area contributed by atoms with Crippen molar-refractivity contribution in [3.8, 4) is 0 Å². The van der Waals surface area contributed by atoms with Crippen LogP contribution in [0.5, 0.6) is 0 Å². The average molecular weight is 595 g/mol. The average Bonchev–Trinajstić information content (AvgIpc) is 2.83. The van der Waals surface area contributed by atoms with Gasteiger partial charge in [0, 0.05) is 41.5 Å². The molecule has 232 valence electrons. The summed E-state index contributed by atoms with van der Waals surface area (Å²) in [6, 6.07) is 0. The summed E-state index contributed by atoms with van der Waals surface area (Å²) in [4.78, 5) is 70.4. The van der Waals surface area contributed by atoms with Crippen LogP contribution in [0.1, 0.15) is 41.5 Å². The zero-order chi connectivity index (χ0) is 31.0. The molecule has 0 radical (unpaired) electrons. The van der Waals surface area contributed by atoms with Crippen LogP contribution in [-0.2, 0) is 71.4 Å². The Hall–Kier alpha value is -3.38. The Bertz CT molecular complexity index is 981. The molecule has 6 unspecified atom stereocenters. The molecule has 17 nitrogen and oxygen atoms in total. The van der Waals surface area contributed by atoms with E-state index in [1.165, 1.54) is 0 Å². The highest BCUT2D eigenvalue weighted by atomic mass is 16.8. The predicted octanol–water partition coefficient (Wildman–Crippen LogP) is -1.97. The van der Waals surface area contributed by atoms with Crippen LogP contribution in [-0.4, -0.2) is 121 Å². The van der Waals surface area contributed by atoms with Gasteiger partial charge in [0.25, 0.3) is 0 Å². The first-order valence-electron chi connectivity index (χ1n) is 12.4. The SMILES string of the molecule is CC(=O)OCC1O[C@@H](O[C@@H]2C(COC(C)=O)O[C@@H](OC(C)=O)C(OC(C)=O)C2OC(C)=O)C(O)C(OC(C)=O)[C@@H]1O. The van der Waals surface area contributed by atoms with E-state index in [1.54, 1.807) is 0 Å². The number of ether oxygens (including phenoxy) is 9. The Morgan fingerprint density at radius 2 is 0.951 bits per heavy atom. The summed E-state index contributed by atoms with van der Waals surface area (Å²) in [5, 5.41) is 21.6. The Balaban J connectivity index is 2.53. The van der Waals surface area contributed by atoms with Gasteiger partial charge in [0.2, 0.25) is 12.4 Å². The molecule has 2 heterocycles. The second-order valence-electron chi connectivity index (χ2n) is 9.10. The lowest BCUT2D eigenvalue weighted by atomic mass is 9.96. The minimum Gasteiger partial charge on any atom is -0.463 e. The van der Waals surface area contributed by atoms with Gasteiger partial charge in [-0.1, -0.05) is 0 Å². The molecule has 2 rings (SSSR count). The molecule has 2 fully saturated rings. The lowest BCUT2D eigenvalue weighted by Crippen LogP contribution is -2.66. The van der Waals surface area contributed by atoms with E-state index >= 15 is 0 Å². The van der Waals surface area contributed by atoms with Crippen LogP contribution in [0.25, 0.3) is 0 Å². The zero-order valence-electron chi connectivity index (χ0n) is 23.2. The van der Waals surface area contributed by atoms with Gasteiger partial charge in [0.05, 0.1) is 0 Å². The quantitative estimate of drug-likeness (QED) is 0.206. The van der Waals surface area contributed by atoms with Crippen LogP contribution < -0.4 is 0 Å². The summed E-state index contributed by atoms with van der Waals surface area (Å²) in [5.74, 6) is -5.02. The Labute approximate surface area is 234 Å². The van der Waals surface area contributed by atoms with Crippen LogP contribution in [0.3, 0.4) is 0 Å². The molecule has 2 saturated heterocycles. The van der Waals surface area contributed by atoms with Crippen LogP contribution in [0.2, 0.25) is 0 Å². The molecule has 2 aliphatic heterocycles. The summed E-state index contributed by atoms with van der Waals surface area (Å²) in [6.45, 7) is 5.17. The molecular weight excluding hydrogens is 560 g/mol. The first-order chi connectivity index (χ1) is 19.1. The highest BCUT2D eigenvalue weighted by Crippen LogP contribution is 2.33. The topological polar surface area (TPSA) is 226 Å². The molecule has 10 atom stereocenters. The molecule has 0 aromatic carbocycles. The van der Waals surface area contributed by atoms with Crippen molar-refractivity contribution < 1.29 is 81.6 Å². The minimum absolute atomic E-state index is 0.545. The third-order valence-electron chi connectivity index (χ3n) is 5.61. The maximum atomic E-state index is 12.1. The van der Waals surface area contributed by atoms with Gasteiger partial charge in [-0.25, -0.2) is 0 Å². The number of carbonyl (C=O) groups excluding carboxylic acids is 6. The van der Waals surface area contributed by atoms with Gasteiger partial charge in [-0.15, -0.1) is 0 Å². The van der Waals surface area contributed by atoms with Gasteiger partial charge < -0.3 is 52.8 Å². The predicted molar refractivity (Wildman–Crippen MR) is 126 cm³/mol. The number of aliphatic hydroxyl groups is 2. The number of rotatable bonds is 10. The van der Waals surface area contributed by atoms with Gasteiger partial charge in [0.15, 0.2) is 18.5 Å². The maximum Gasteiger partial charge on any atom is 0.305 e. The first-order valence-corrected chi connectivity index (χ1v) is 12.4. The van der Waals surface area contributed by atoms with Crippen molar-refractivity contribution in [2.24, 2.45) is 0 Å². The number of hydrogen-bond acceptors (Lipinski definition) is 17. The van der Waals surface area contributed by atoms with E-state index in [-0.39, 0.29) is 0 Å². The third-order valence-corrected chi connectivity index (χ3v) is 5.61. The van der Waals surface area contributed by atoms with Crippen molar-refractivity contribution in [3.63, 3.8) is 0 Å². The summed E-state index contributed by atoms with van der Waals surface area (Å²) < 4.78 is 48.0. The normalized spacial score (nSPS) is 33.1. The van der Waals surface area contributed by atoms with Crippen molar-refractivity contribution >= 4 is 35.8 Å². The summed E-state index contributed by atoms with van der Waals surface area (Å²) in [5.41, 5.74) is 0. The van der Waals surface area contributed by atoms with E-state index in [0.717, 1.165) is 41.5 Å². The van der Waals surface area contributed by atoms with Gasteiger partial charge in [-0.05, 0) is 0 Å². The van der Waals surface area contributed by atoms with Crippen molar-refractivity contribution in [1.82, 2.24) is 0 Å². The molecule has 0 amide bonds. The summed E-state index contributed by atoms with van der Waals surface area (Å²) in [6.07, 6.45) is -16.3. The molecule has 0 aliphatic carbocycles. The van der Waals surface area contributed by atoms with Crippen molar-refractivity contribution in [3.05, 3.63) is 0 Å². The van der Waals surface area contributed by atoms with Gasteiger partial charge in [0.1, 0.15) is 43.7 Å². The van der Waals surface area contributed by atoms with Crippen molar-refractivity contribution in [1.29, 1.82) is 0 Å². The fourth-order valence-corrected chi connectivity index (χ4v) is 4.12. The molecule has 2 aliphatic rings. The number of esters is 6. The smallest absolute Gasteiger partial charge is 0.305 e. The highest BCUT2D eigenvalue weighted by Gasteiger charge is 2.56. The molecule has 0 aromatic rings. The van der Waals surface area contributed by atoms with E-state index in [9.17, 15) is 39.0 Å². The molecule has 0 aromatic heterocycles. The van der Waals surface area contributed by atoms with E-state index in [1.807, 2.05) is 0 Å². The molecule has 2 N–H and O–H groups in total. The van der Waals surface area contributed by atoms with Gasteiger partial charge >= 0.3 is 35.8 Å². The Morgan fingerprint density at radius 1 is 0.512 bits per heavy atom. The minimum atomic E-state index is -1.88. The fraction of sp³-hybridized carbons (Fsp3) is 0.750. The standard InChI is InChI=1S/C24H34O17/c1-9(25)33-7-15-17(31)20(35-11(3)27)18(32)23(39-15)41-19-16(8-34-10(2)26)40-24(38-14(6)30)22(37-13(5)29)21(19)36-12(4)28/h15-24,31-32H,7-8H2,1-6H3/t15?,16?,17-,18?,19-,20?,21?,22?,23+,24-/m1/s1. The second kappa shape index (κ2) is 15.0. The number of carbonyl (C=O) groups is 6. The molecule has 17 heteroatoms. The van der Waals surface area contributed by atoms with Crippen LogP contribution in [0.15, 0.2) is 0 Å². The monoisotopic (exact) mass is 594 g/mol. The molecule has 0 spiro atoms. The lowest BCUT2D eigenvalue weighted by molar-refractivity contribution is -0.357. The van der Waals surface area contributed by atoms with Crippen molar-refractivity contribution in [2.75, 3.05) is 13.2 Å². The fourth-order valence-electron chi connectivity index (χ4n) is 4.12. The van der Waals surface area contributed by atoms with E-state index < -0.39 is 110 Å². The summed E-state index contributed by atoms with van der Waals surface area (Å²) in [7, 11) is 0. The van der Waals surface area contributed by atoms with Gasteiger partial charge in [-0.2, -0.15) is 0 Å². The molecule has 41 heavy (non-hydrogen) atoms. The van der Waals surface area contributed by atoms with Crippen molar-refractivity contribution in [2.45, 2.75) is 103 Å². The lowest BCUT2D eigenvalue weighted by Gasteiger charge is -2.47. The highest BCUT2D eigenvalue weighted by molar-refractivity contribution is 5.68. The van der Waals surface area contributed by atoms with E-state index in [0.29, 0.717) is 0 Å². The summed E-state index contributed by atoms with van der Waals surface area (Å²) >= 11 is 0. The second-order valence-corrected chi connectivity index (χ2v) is 9.10. The Morgan fingerprint density at radius 3 is 1.44 bits per heavy atom. The third kappa shape index (κ3) is 9.89.